The van der Waals surface area contributed by atoms with Crippen molar-refractivity contribution in [2.24, 2.45) is 53.1 Å². The molecule has 4 rings (SSSR count). The van der Waals surface area contributed by atoms with Crippen LogP contribution in [-0.4, -0.2) is 70.0 Å². The standard InChI is InChI=1S/C37H67N3O5/c1-3-5-7-10-25-13-14-27(33(41)20-25)11-8-6-9-12-30(36(43)44)35(42)28-15-16-32-31(19-26-17-18-40-34(38)21-26)29(24-39-4-2)23-37(32,45)22-28/h13-14,25-35,39-42,45H,3-12,15-24,38H2,1-2H3,(H,43,44). The lowest BCUT2D eigenvalue weighted by Crippen LogP contribution is -2.47. The SMILES string of the molecule is CCCCCC1C=CC(CCCCCC(C(=O)O)C(O)C2CCC3C(CC4CCNC(N)C4)C(CNCC)CC3(O)C2)C(O)C1. The molecule has 0 aromatic carbocycles. The summed E-state index contributed by atoms with van der Waals surface area (Å²) in [5, 5.41) is 51.2. The molecule has 8 nitrogen and oxygen atoms in total. The van der Waals surface area contributed by atoms with Gasteiger partial charge in [-0.25, -0.2) is 0 Å². The summed E-state index contributed by atoms with van der Waals surface area (Å²) in [5.41, 5.74) is 5.39. The maximum absolute atomic E-state index is 12.4. The number of fused-ring (bicyclic) bond motifs is 1. The zero-order chi connectivity index (χ0) is 32.4. The van der Waals surface area contributed by atoms with E-state index in [0.717, 1.165) is 96.7 Å². The van der Waals surface area contributed by atoms with Crippen LogP contribution in [0.25, 0.3) is 0 Å². The normalized spacial score (nSPS) is 38.1. The number of hydrogen-bond acceptors (Lipinski definition) is 7. The predicted octanol–water partition coefficient (Wildman–Crippen LogP) is 5.20. The molecule has 0 radical (unpaired) electrons. The molecular weight excluding hydrogens is 566 g/mol. The second kappa shape index (κ2) is 17.9. The van der Waals surface area contributed by atoms with E-state index in [1.165, 1.54) is 19.3 Å². The highest BCUT2D eigenvalue weighted by Crippen LogP contribution is 2.56. The van der Waals surface area contributed by atoms with E-state index >= 15 is 0 Å². The molecule has 260 valence electrons. The van der Waals surface area contributed by atoms with E-state index in [-0.39, 0.29) is 30.0 Å². The number of nitrogens with one attached hydrogen (secondary N) is 2. The fourth-order valence-electron chi connectivity index (χ4n) is 9.83. The largest absolute Gasteiger partial charge is 0.481 e. The zero-order valence-corrected chi connectivity index (χ0v) is 28.4. The molecule has 8 N–H and O–H groups in total. The van der Waals surface area contributed by atoms with Gasteiger partial charge in [0.15, 0.2) is 0 Å². The molecule has 12 atom stereocenters. The fourth-order valence-corrected chi connectivity index (χ4v) is 9.83. The number of piperidine rings is 1. The van der Waals surface area contributed by atoms with Gasteiger partial charge in [0.05, 0.1) is 29.9 Å². The van der Waals surface area contributed by atoms with Crippen molar-refractivity contribution in [3.05, 3.63) is 12.2 Å². The lowest BCUT2D eigenvalue weighted by molar-refractivity contribution is -0.151. The first kappa shape index (κ1) is 36.8. The first-order chi connectivity index (χ1) is 21.6. The predicted molar refractivity (Wildman–Crippen MR) is 180 cm³/mol. The Balaban J connectivity index is 1.26. The Morgan fingerprint density at radius 2 is 1.84 bits per heavy atom. The third-order valence-corrected chi connectivity index (χ3v) is 12.3. The number of carbonyl (C=O) groups is 1. The highest BCUT2D eigenvalue weighted by Gasteiger charge is 2.56. The molecular formula is C37H67N3O5. The van der Waals surface area contributed by atoms with Crippen LogP contribution >= 0.6 is 0 Å². The molecule has 2 saturated carbocycles. The molecule has 4 aliphatic rings. The van der Waals surface area contributed by atoms with Gasteiger partial charge in [0.1, 0.15) is 0 Å². The minimum atomic E-state index is -0.936. The number of hydrogen-bond donors (Lipinski definition) is 7. The molecule has 3 fully saturated rings. The van der Waals surface area contributed by atoms with Gasteiger partial charge in [0.25, 0.3) is 0 Å². The second-order valence-electron chi connectivity index (χ2n) is 15.6. The van der Waals surface area contributed by atoms with Crippen molar-refractivity contribution in [1.82, 2.24) is 10.6 Å². The Kier molecular flexibility index (Phi) is 14.7. The van der Waals surface area contributed by atoms with E-state index in [0.29, 0.717) is 36.5 Å². The summed E-state index contributed by atoms with van der Waals surface area (Å²) in [6, 6.07) is 0. The highest BCUT2D eigenvalue weighted by molar-refractivity contribution is 5.70. The van der Waals surface area contributed by atoms with Gasteiger partial charge >= 0.3 is 5.97 Å². The summed E-state index contributed by atoms with van der Waals surface area (Å²) in [7, 11) is 0. The number of aliphatic hydroxyl groups is 3. The Hall–Kier alpha value is -1.03. The van der Waals surface area contributed by atoms with E-state index in [1.54, 1.807) is 0 Å². The number of allylic oxidation sites excluding steroid dienone is 1. The van der Waals surface area contributed by atoms with Crippen LogP contribution in [-0.2, 0) is 4.79 Å². The summed E-state index contributed by atoms with van der Waals surface area (Å²) < 4.78 is 0. The molecule has 0 aromatic heterocycles. The van der Waals surface area contributed by atoms with Crippen molar-refractivity contribution in [2.45, 2.75) is 147 Å². The van der Waals surface area contributed by atoms with Gasteiger partial charge in [-0.05, 0) is 126 Å². The number of unbranched alkanes of at least 4 members (excludes halogenated alkanes) is 4. The molecule has 0 aromatic rings. The van der Waals surface area contributed by atoms with Crippen LogP contribution < -0.4 is 16.4 Å². The minimum Gasteiger partial charge on any atom is -0.481 e. The molecule has 0 amide bonds. The Morgan fingerprint density at radius 1 is 1.04 bits per heavy atom. The van der Waals surface area contributed by atoms with Crippen LogP contribution in [0.2, 0.25) is 0 Å². The smallest absolute Gasteiger partial charge is 0.309 e. The van der Waals surface area contributed by atoms with Gasteiger partial charge in [-0.15, -0.1) is 0 Å². The number of nitrogens with two attached hydrogens (primary N) is 1. The molecule has 45 heavy (non-hydrogen) atoms. The third-order valence-electron chi connectivity index (χ3n) is 12.3. The fraction of sp³-hybridized carbons (Fsp3) is 0.919. The lowest BCUT2D eigenvalue weighted by atomic mass is 9.66. The zero-order valence-electron chi connectivity index (χ0n) is 28.4. The molecule has 3 aliphatic carbocycles. The van der Waals surface area contributed by atoms with E-state index < -0.39 is 23.6 Å². The van der Waals surface area contributed by atoms with Crippen LogP contribution in [0.4, 0.5) is 0 Å². The average molecular weight is 634 g/mol. The summed E-state index contributed by atoms with van der Waals surface area (Å²) in [6.07, 6.45) is 19.1. The molecule has 1 heterocycles. The number of aliphatic carboxylic acids is 1. The number of rotatable bonds is 18. The van der Waals surface area contributed by atoms with Gasteiger partial charge in [-0.2, -0.15) is 0 Å². The Morgan fingerprint density at radius 3 is 2.56 bits per heavy atom. The van der Waals surface area contributed by atoms with Crippen molar-refractivity contribution >= 4 is 5.97 Å². The van der Waals surface area contributed by atoms with Crippen LogP contribution in [0.5, 0.6) is 0 Å². The minimum absolute atomic E-state index is 0.0543. The number of aliphatic hydroxyl groups excluding tert-OH is 2. The van der Waals surface area contributed by atoms with Crippen LogP contribution in [0.1, 0.15) is 123 Å². The van der Waals surface area contributed by atoms with Crippen molar-refractivity contribution < 1.29 is 25.2 Å². The van der Waals surface area contributed by atoms with Crippen molar-refractivity contribution in [1.29, 1.82) is 0 Å². The van der Waals surface area contributed by atoms with Gasteiger partial charge in [-0.1, -0.05) is 64.5 Å². The van der Waals surface area contributed by atoms with Gasteiger partial charge < -0.3 is 36.8 Å². The van der Waals surface area contributed by atoms with Gasteiger partial charge in [0, 0.05) is 5.92 Å². The summed E-state index contributed by atoms with van der Waals surface area (Å²) in [6.45, 7) is 7.10. The number of carboxylic acids is 1. The molecule has 0 bridgehead atoms. The monoisotopic (exact) mass is 634 g/mol. The molecule has 12 unspecified atom stereocenters. The van der Waals surface area contributed by atoms with Crippen LogP contribution in [0.3, 0.4) is 0 Å². The molecule has 1 aliphatic heterocycles. The second-order valence-corrected chi connectivity index (χ2v) is 15.6. The Bertz CT molecular complexity index is 918. The van der Waals surface area contributed by atoms with Crippen molar-refractivity contribution in [3.8, 4) is 0 Å². The van der Waals surface area contributed by atoms with E-state index in [2.05, 4.69) is 36.6 Å². The van der Waals surface area contributed by atoms with Gasteiger partial charge in [0.2, 0.25) is 0 Å². The van der Waals surface area contributed by atoms with E-state index in [9.17, 15) is 25.2 Å². The summed E-state index contributed by atoms with van der Waals surface area (Å²) >= 11 is 0. The van der Waals surface area contributed by atoms with E-state index in [4.69, 9.17) is 5.73 Å². The summed E-state index contributed by atoms with van der Waals surface area (Å²) in [4.78, 5) is 12.4. The first-order valence-corrected chi connectivity index (χ1v) is 18.8. The number of carboxylic acid groups (broad SMARTS) is 1. The van der Waals surface area contributed by atoms with Gasteiger partial charge in [-0.3, -0.25) is 4.79 Å². The maximum Gasteiger partial charge on any atom is 0.309 e. The Labute approximate surface area is 273 Å². The highest BCUT2D eigenvalue weighted by atomic mass is 16.4. The molecule has 0 spiro atoms. The average Bonchev–Trinajstić information content (AvgIpc) is 3.28. The van der Waals surface area contributed by atoms with Crippen molar-refractivity contribution in [3.63, 3.8) is 0 Å². The quantitative estimate of drug-likeness (QED) is 0.0805. The molecule has 1 saturated heterocycles. The lowest BCUT2D eigenvalue weighted by Gasteiger charge is -2.44. The molecule has 8 heteroatoms. The summed E-state index contributed by atoms with van der Waals surface area (Å²) in [5.74, 6) is 0.378. The third kappa shape index (κ3) is 10.2. The van der Waals surface area contributed by atoms with E-state index in [1.807, 2.05) is 0 Å². The van der Waals surface area contributed by atoms with Crippen LogP contribution in [0, 0.1) is 47.3 Å². The first-order valence-electron chi connectivity index (χ1n) is 18.8. The maximum atomic E-state index is 12.4. The topological polar surface area (TPSA) is 148 Å². The van der Waals surface area contributed by atoms with Crippen molar-refractivity contribution in [2.75, 3.05) is 19.6 Å². The van der Waals surface area contributed by atoms with Crippen LogP contribution in [0.15, 0.2) is 12.2 Å².